The highest BCUT2D eigenvalue weighted by Gasteiger charge is 2.15. The molecule has 2 heterocycles. The zero-order valence-corrected chi connectivity index (χ0v) is 16.9. The molecular weight excluding hydrogens is 430 g/mol. The van der Waals surface area contributed by atoms with Crippen LogP contribution in [-0.2, 0) is 17.9 Å². The van der Waals surface area contributed by atoms with Gasteiger partial charge in [-0.1, -0.05) is 28.9 Å². The van der Waals surface area contributed by atoms with Crippen LogP contribution >= 0.6 is 11.6 Å². The number of rotatable bonds is 5. The predicted octanol–water partition coefficient (Wildman–Crippen LogP) is 2.92. The summed E-state index contributed by atoms with van der Waals surface area (Å²) < 4.78 is 29.2. The maximum Gasteiger partial charge on any atom is 0.283 e. The van der Waals surface area contributed by atoms with Crippen LogP contribution in [0.15, 0.2) is 47.5 Å². The molecule has 158 valence electrons. The van der Waals surface area contributed by atoms with Crippen LogP contribution in [0.1, 0.15) is 11.1 Å². The molecule has 31 heavy (non-hydrogen) atoms. The van der Waals surface area contributed by atoms with Crippen molar-refractivity contribution in [3.8, 4) is 0 Å². The van der Waals surface area contributed by atoms with E-state index >= 15 is 0 Å². The van der Waals surface area contributed by atoms with Gasteiger partial charge in [-0.3, -0.25) is 14.2 Å². The van der Waals surface area contributed by atoms with E-state index in [9.17, 15) is 18.4 Å². The molecular formula is C20H15ClF2N6O2. The maximum absolute atomic E-state index is 13.4. The molecule has 8 nitrogen and oxygen atoms in total. The second-order valence-corrected chi connectivity index (χ2v) is 7.26. The Labute approximate surface area is 179 Å². The number of fused-ring (bicyclic) bond motifs is 1. The van der Waals surface area contributed by atoms with Gasteiger partial charge >= 0.3 is 0 Å². The Balaban J connectivity index is 1.57. The summed E-state index contributed by atoms with van der Waals surface area (Å²) in [6.45, 7) is 1.45. The Hall–Kier alpha value is -3.66. The van der Waals surface area contributed by atoms with Crippen LogP contribution in [0, 0.1) is 18.6 Å². The van der Waals surface area contributed by atoms with Crippen molar-refractivity contribution in [2.75, 3.05) is 5.32 Å². The average Bonchev–Trinajstić information content (AvgIpc) is 3.10. The molecule has 0 aliphatic carbocycles. The smallest absolute Gasteiger partial charge is 0.283 e. The molecule has 2 aromatic carbocycles. The molecule has 2 aromatic heterocycles. The summed E-state index contributed by atoms with van der Waals surface area (Å²) in [5, 5.41) is 10.7. The maximum atomic E-state index is 13.4. The second kappa shape index (κ2) is 8.23. The Morgan fingerprint density at radius 1 is 1.19 bits per heavy atom. The van der Waals surface area contributed by atoms with Gasteiger partial charge in [0.1, 0.15) is 24.5 Å². The van der Waals surface area contributed by atoms with Gasteiger partial charge in [0.2, 0.25) is 5.91 Å². The molecule has 1 N–H and O–H groups in total. The second-order valence-electron chi connectivity index (χ2n) is 6.85. The summed E-state index contributed by atoms with van der Waals surface area (Å²) in [4.78, 5) is 29.3. The van der Waals surface area contributed by atoms with E-state index in [0.717, 1.165) is 28.3 Å². The molecule has 4 rings (SSSR count). The van der Waals surface area contributed by atoms with Gasteiger partial charge < -0.3 is 5.32 Å². The number of carbonyl (C=O) groups excluding carboxylic acids is 1. The number of benzene rings is 2. The van der Waals surface area contributed by atoms with Crippen LogP contribution in [-0.4, -0.2) is 30.5 Å². The monoisotopic (exact) mass is 444 g/mol. The van der Waals surface area contributed by atoms with Crippen LogP contribution < -0.4 is 10.9 Å². The first-order valence-electron chi connectivity index (χ1n) is 9.10. The summed E-state index contributed by atoms with van der Waals surface area (Å²) >= 11 is 6.11. The third-order valence-corrected chi connectivity index (χ3v) is 4.86. The van der Waals surface area contributed by atoms with E-state index in [1.165, 1.54) is 11.0 Å². The Kier molecular flexibility index (Phi) is 5.47. The van der Waals surface area contributed by atoms with E-state index in [2.05, 4.69) is 20.6 Å². The van der Waals surface area contributed by atoms with Crippen molar-refractivity contribution < 1.29 is 13.6 Å². The van der Waals surface area contributed by atoms with Crippen molar-refractivity contribution in [3.05, 3.63) is 80.9 Å². The third kappa shape index (κ3) is 4.29. The number of hydrogen-bond acceptors (Lipinski definition) is 5. The van der Waals surface area contributed by atoms with E-state index in [4.69, 9.17) is 11.6 Å². The minimum absolute atomic E-state index is 0.0338. The van der Waals surface area contributed by atoms with Gasteiger partial charge in [-0.15, -0.1) is 5.10 Å². The Morgan fingerprint density at radius 3 is 2.65 bits per heavy atom. The van der Waals surface area contributed by atoms with Crippen molar-refractivity contribution in [1.82, 2.24) is 24.5 Å². The zero-order valence-electron chi connectivity index (χ0n) is 16.1. The number of carbonyl (C=O) groups is 1. The fraction of sp³-hybridized carbons (Fsp3) is 0.150. The largest absolute Gasteiger partial charge is 0.323 e. The van der Waals surface area contributed by atoms with E-state index in [0.29, 0.717) is 16.3 Å². The van der Waals surface area contributed by atoms with Gasteiger partial charge in [0, 0.05) is 6.07 Å². The summed E-state index contributed by atoms with van der Waals surface area (Å²) in [6, 6.07) is 8.26. The van der Waals surface area contributed by atoms with Gasteiger partial charge in [0.15, 0.2) is 11.2 Å². The number of para-hydroxylation sites is 1. The van der Waals surface area contributed by atoms with Crippen LogP contribution in [0.25, 0.3) is 11.2 Å². The molecule has 1 amide bonds. The predicted molar refractivity (Wildman–Crippen MR) is 110 cm³/mol. The first-order chi connectivity index (χ1) is 14.8. The summed E-state index contributed by atoms with van der Waals surface area (Å²) in [6.07, 6.45) is 1.19. The van der Waals surface area contributed by atoms with Gasteiger partial charge in [-0.05, 0) is 36.2 Å². The van der Waals surface area contributed by atoms with Crippen LogP contribution in [0.2, 0.25) is 5.02 Å². The van der Waals surface area contributed by atoms with Crippen molar-refractivity contribution in [2.45, 2.75) is 20.0 Å². The molecule has 11 heteroatoms. The Morgan fingerprint density at radius 2 is 1.94 bits per heavy atom. The van der Waals surface area contributed by atoms with Gasteiger partial charge in [-0.25, -0.2) is 18.4 Å². The summed E-state index contributed by atoms with van der Waals surface area (Å²) in [5.74, 6) is -1.92. The number of amides is 1. The van der Waals surface area contributed by atoms with Gasteiger partial charge in [0.25, 0.3) is 5.56 Å². The van der Waals surface area contributed by atoms with Crippen molar-refractivity contribution in [2.24, 2.45) is 0 Å². The minimum Gasteiger partial charge on any atom is -0.323 e. The molecule has 0 saturated carbocycles. The highest BCUT2D eigenvalue weighted by Crippen LogP contribution is 2.25. The van der Waals surface area contributed by atoms with Crippen LogP contribution in [0.3, 0.4) is 0 Å². The number of aryl methyl sites for hydroxylation is 1. The Bertz CT molecular complexity index is 1330. The molecule has 0 fully saturated rings. The molecule has 0 aliphatic rings. The molecule has 0 radical (unpaired) electrons. The molecule has 4 aromatic rings. The first-order valence-corrected chi connectivity index (χ1v) is 9.48. The van der Waals surface area contributed by atoms with Crippen molar-refractivity contribution in [1.29, 1.82) is 0 Å². The molecule has 0 saturated heterocycles. The molecule has 0 atom stereocenters. The van der Waals surface area contributed by atoms with Gasteiger partial charge in [0.05, 0.1) is 17.3 Å². The van der Waals surface area contributed by atoms with Crippen molar-refractivity contribution in [3.63, 3.8) is 0 Å². The van der Waals surface area contributed by atoms with Crippen LogP contribution in [0.5, 0.6) is 0 Å². The number of halogens is 3. The topological polar surface area (TPSA) is 94.7 Å². The molecule has 0 aliphatic heterocycles. The molecule has 0 unspecified atom stereocenters. The van der Waals surface area contributed by atoms with E-state index in [1.54, 1.807) is 25.1 Å². The van der Waals surface area contributed by atoms with Gasteiger partial charge in [-0.2, -0.15) is 0 Å². The molecule has 0 spiro atoms. The first kappa shape index (κ1) is 20.6. The van der Waals surface area contributed by atoms with E-state index in [1.807, 2.05) is 0 Å². The average molecular weight is 445 g/mol. The van der Waals surface area contributed by atoms with E-state index < -0.39 is 23.1 Å². The zero-order chi connectivity index (χ0) is 22.1. The minimum atomic E-state index is -0.727. The normalized spacial score (nSPS) is 11.1. The summed E-state index contributed by atoms with van der Waals surface area (Å²) in [5.41, 5.74) is 1.02. The van der Waals surface area contributed by atoms with Crippen molar-refractivity contribution >= 4 is 34.4 Å². The molecule has 0 bridgehead atoms. The highest BCUT2D eigenvalue weighted by atomic mass is 35.5. The lowest BCUT2D eigenvalue weighted by Crippen LogP contribution is -2.28. The third-order valence-electron chi connectivity index (χ3n) is 4.55. The quantitative estimate of drug-likeness (QED) is 0.510. The summed E-state index contributed by atoms with van der Waals surface area (Å²) in [7, 11) is 0. The SMILES string of the molecule is Cc1cccc(Cl)c1NC(=O)Cn1cnc2c(nnn2Cc2cc(F)cc(F)c2)c1=O. The number of anilines is 1. The lowest BCUT2D eigenvalue weighted by molar-refractivity contribution is -0.116. The van der Waals surface area contributed by atoms with Crippen LogP contribution in [0.4, 0.5) is 14.5 Å². The number of hydrogen-bond donors (Lipinski definition) is 1. The fourth-order valence-electron chi connectivity index (χ4n) is 3.11. The number of nitrogens with zero attached hydrogens (tertiary/aromatic N) is 5. The fourth-order valence-corrected chi connectivity index (χ4v) is 3.37. The number of nitrogens with one attached hydrogen (secondary N) is 1. The number of aromatic nitrogens is 5. The standard InChI is InChI=1S/C20H15ClF2N6O2/c1-11-3-2-4-15(21)17(11)25-16(30)9-28-10-24-19-18(20(28)31)26-27-29(19)8-12-5-13(22)7-14(23)6-12/h2-7,10H,8-9H2,1H3,(H,25,30). The highest BCUT2D eigenvalue weighted by molar-refractivity contribution is 6.33. The lowest BCUT2D eigenvalue weighted by atomic mass is 10.2. The lowest BCUT2D eigenvalue weighted by Gasteiger charge is -2.11. The van der Waals surface area contributed by atoms with E-state index in [-0.39, 0.29) is 24.3 Å².